The van der Waals surface area contributed by atoms with Gasteiger partial charge in [-0.05, 0) is 38.6 Å². The number of carboxylic acids is 1. The van der Waals surface area contributed by atoms with Crippen molar-refractivity contribution >= 4 is 40.5 Å². The van der Waals surface area contributed by atoms with Crippen molar-refractivity contribution in [3.05, 3.63) is 44.9 Å². The van der Waals surface area contributed by atoms with Crippen LogP contribution in [-0.4, -0.2) is 47.0 Å². The van der Waals surface area contributed by atoms with Gasteiger partial charge in [0.2, 0.25) is 5.91 Å². The molecule has 24 heavy (non-hydrogen) atoms. The van der Waals surface area contributed by atoms with Crippen LogP contribution in [0.15, 0.2) is 23.7 Å². The van der Waals surface area contributed by atoms with Gasteiger partial charge in [-0.1, -0.05) is 11.6 Å². The number of hydrogen-bond donors (Lipinski definition) is 2. The maximum Gasteiger partial charge on any atom is 0.337 e. The predicted molar refractivity (Wildman–Crippen MR) is 95.1 cm³/mol. The Labute approximate surface area is 149 Å². The van der Waals surface area contributed by atoms with Gasteiger partial charge in [0.1, 0.15) is 0 Å². The highest BCUT2D eigenvalue weighted by Crippen LogP contribution is 2.20. The minimum atomic E-state index is -1.13. The van der Waals surface area contributed by atoms with E-state index >= 15 is 0 Å². The van der Waals surface area contributed by atoms with Crippen LogP contribution < -0.4 is 5.32 Å². The van der Waals surface area contributed by atoms with Gasteiger partial charge in [-0.25, -0.2) is 9.78 Å². The molecule has 0 bridgehead atoms. The predicted octanol–water partition coefficient (Wildman–Crippen LogP) is 2.92. The van der Waals surface area contributed by atoms with Gasteiger partial charge in [0, 0.05) is 17.1 Å². The lowest BCUT2D eigenvalue weighted by Crippen LogP contribution is -2.31. The smallest absolute Gasteiger partial charge is 0.337 e. The largest absolute Gasteiger partial charge is 0.478 e. The summed E-state index contributed by atoms with van der Waals surface area (Å²) in [5.74, 6) is -1.34. The zero-order chi connectivity index (χ0) is 17.7. The second-order valence-electron chi connectivity index (χ2n) is 5.40. The number of carboxylic acid groups (broad SMARTS) is 1. The van der Waals surface area contributed by atoms with Crippen LogP contribution in [0.2, 0.25) is 5.02 Å². The molecule has 2 aromatic rings. The first-order chi connectivity index (χ1) is 11.4. The molecule has 0 aliphatic rings. The number of aryl methyl sites for hydroxylation is 1. The Morgan fingerprint density at radius 3 is 2.79 bits per heavy atom. The van der Waals surface area contributed by atoms with Gasteiger partial charge in [-0.2, -0.15) is 0 Å². The maximum absolute atomic E-state index is 12.1. The fraction of sp³-hybridized carbons (Fsp3) is 0.312. The summed E-state index contributed by atoms with van der Waals surface area (Å²) in [5, 5.41) is 11.9. The summed E-state index contributed by atoms with van der Waals surface area (Å²) in [6.45, 7) is 2.92. The van der Waals surface area contributed by atoms with Crippen LogP contribution in [0.1, 0.15) is 20.9 Å². The van der Waals surface area contributed by atoms with Crippen LogP contribution >= 0.6 is 22.9 Å². The third-order valence-corrected chi connectivity index (χ3v) is 4.78. The lowest BCUT2D eigenvalue weighted by atomic mass is 10.2. The summed E-state index contributed by atoms with van der Waals surface area (Å²) in [7, 11) is 1.86. The molecule has 8 heteroatoms. The highest BCUT2D eigenvalue weighted by molar-refractivity contribution is 7.09. The summed E-state index contributed by atoms with van der Waals surface area (Å²) in [6.07, 6.45) is 0.838. The summed E-state index contributed by atoms with van der Waals surface area (Å²) in [4.78, 5) is 30.4. The molecule has 1 aromatic heterocycles. The molecule has 0 unspecified atom stereocenters. The first kappa shape index (κ1) is 18.4. The van der Waals surface area contributed by atoms with Crippen molar-refractivity contribution in [1.82, 2.24) is 9.88 Å². The van der Waals surface area contributed by atoms with Crippen molar-refractivity contribution < 1.29 is 14.7 Å². The van der Waals surface area contributed by atoms with Gasteiger partial charge < -0.3 is 10.4 Å². The lowest BCUT2D eigenvalue weighted by molar-refractivity contribution is -0.117. The van der Waals surface area contributed by atoms with Gasteiger partial charge >= 0.3 is 5.97 Å². The zero-order valence-corrected chi connectivity index (χ0v) is 14.9. The molecular weight excluding hydrogens is 350 g/mol. The highest BCUT2D eigenvalue weighted by Gasteiger charge is 2.12. The number of amides is 1. The summed E-state index contributed by atoms with van der Waals surface area (Å²) < 4.78 is 0. The second kappa shape index (κ2) is 8.23. The second-order valence-corrected chi connectivity index (χ2v) is 6.74. The number of nitrogens with zero attached hydrogens (tertiary/aromatic N) is 2. The lowest BCUT2D eigenvalue weighted by Gasteiger charge is -2.16. The molecule has 1 heterocycles. The van der Waals surface area contributed by atoms with Crippen molar-refractivity contribution in [3.8, 4) is 0 Å². The molecule has 0 saturated carbocycles. The van der Waals surface area contributed by atoms with Crippen molar-refractivity contribution in [1.29, 1.82) is 0 Å². The van der Waals surface area contributed by atoms with Crippen LogP contribution in [-0.2, 0) is 11.2 Å². The molecule has 0 radical (unpaired) electrons. The Balaban J connectivity index is 1.87. The van der Waals surface area contributed by atoms with Crippen molar-refractivity contribution in [2.75, 3.05) is 25.5 Å². The Morgan fingerprint density at radius 2 is 2.17 bits per heavy atom. The number of benzene rings is 1. The van der Waals surface area contributed by atoms with E-state index in [1.54, 1.807) is 17.4 Å². The van der Waals surface area contributed by atoms with E-state index in [2.05, 4.69) is 10.3 Å². The number of thiazole rings is 1. The van der Waals surface area contributed by atoms with Crippen LogP contribution in [0.5, 0.6) is 0 Å². The number of carbonyl (C=O) groups is 2. The molecule has 128 valence electrons. The quantitative estimate of drug-likeness (QED) is 0.786. The van der Waals surface area contributed by atoms with E-state index in [1.807, 2.05) is 24.4 Å². The third kappa shape index (κ3) is 5.02. The van der Waals surface area contributed by atoms with Crippen LogP contribution in [0.4, 0.5) is 5.69 Å². The molecule has 0 aliphatic carbocycles. The third-order valence-electron chi connectivity index (χ3n) is 3.46. The van der Waals surface area contributed by atoms with Crippen LogP contribution in [0.3, 0.4) is 0 Å². The first-order valence-electron chi connectivity index (χ1n) is 7.27. The Kier molecular flexibility index (Phi) is 6.30. The zero-order valence-electron chi connectivity index (χ0n) is 13.4. The van der Waals surface area contributed by atoms with Crippen molar-refractivity contribution in [3.63, 3.8) is 0 Å². The first-order valence-corrected chi connectivity index (χ1v) is 8.52. The van der Waals surface area contributed by atoms with E-state index in [0.29, 0.717) is 5.69 Å². The van der Waals surface area contributed by atoms with Crippen LogP contribution in [0.25, 0.3) is 0 Å². The minimum Gasteiger partial charge on any atom is -0.478 e. The molecule has 0 saturated heterocycles. The fourth-order valence-electron chi connectivity index (χ4n) is 2.15. The Bertz CT molecular complexity index is 748. The van der Waals surface area contributed by atoms with Gasteiger partial charge in [0.25, 0.3) is 0 Å². The molecule has 1 aromatic carbocycles. The SMILES string of the molecule is Cc1ncsc1CCN(C)CC(=O)Nc1ccc(Cl)c(C(=O)O)c1. The van der Waals surface area contributed by atoms with E-state index < -0.39 is 5.97 Å². The number of aromatic carboxylic acids is 1. The highest BCUT2D eigenvalue weighted by atomic mass is 35.5. The average molecular weight is 368 g/mol. The number of aromatic nitrogens is 1. The van der Waals surface area contributed by atoms with Gasteiger partial charge in [0.05, 0.1) is 28.3 Å². The minimum absolute atomic E-state index is 0.0384. The molecule has 6 nitrogen and oxygen atoms in total. The summed E-state index contributed by atoms with van der Waals surface area (Å²) in [6, 6.07) is 4.38. The molecule has 2 rings (SSSR count). The molecule has 2 N–H and O–H groups in total. The molecular formula is C16H18ClN3O3S. The standard InChI is InChI=1S/C16H18ClN3O3S/c1-10-14(24-9-18-10)5-6-20(2)8-15(21)19-11-3-4-13(17)12(7-11)16(22)23/h3-4,7,9H,5-6,8H2,1-2H3,(H,19,21)(H,22,23). The fourth-order valence-corrected chi connectivity index (χ4v) is 3.12. The number of rotatable bonds is 7. The monoisotopic (exact) mass is 367 g/mol. The number of nitrogens with one attached hydrogen (secondary N) is 1. The normalized spacial score (nSPS) is 10.8. The van der Waals surface area contributed by atoms with Gasteiger partial charge in [-0.3, -0.25) is 9.69 Å². The van der Waals surface area contributed by atoms with E-state index in [1.165, 1.54) is 17.0 Å². The van der Waals surface area contributed by atoms with Crippen molar-refractivity contribution in [2.24, 2.45) is 0 Å². The summed E-state index contributed by atoms with van der Waals surface area (Å²) in [5.41, 5.74) is 3.22. The molecule has 1 amide bonds. The van der Waals surface area contributed by atoms with E-state index in [0.717, 1.165) is 18.7 Å². The number of halogens is 1. The summed E-state index contributed by atoms with van der Waals surface area (Å²) >= 11 is 7.42. The Hall–Kier alpha value is -1.96. The van der Waals surface area contributed by atoms with E-state index in [4.69, 9.17) is 16.7 Å². The average Bonchev–Trinajstić information content (AvgIpc) is 2.92. The number of likely N-dealkylation sites (N-methyl/N-ethyl adjacent to an activating group) is 1. The molecule has 0 fully saturated rings. The van der Waals surface area contributed by atoms with Gasteiger partial charge in [-0.15, -0.1) is 11.3 Å². The van der Waals surface area contributed by atoms with Gasteiger partial charge in [0.15, 0.2) is 0 Å². The Morgan fingerprint density at radius 1 is 1.42 bits per heavy atom. The molecule has 0 atom stereocenters. The topological polar surface area (TPSA) is 82.5 Å². The van der Waals surface area contributed by atoms with E-state index in [-0.39, 0.29) is 23.0 Å². The van der Waals surface area contributed by atoms with Crippen LogP contribution in [0, 0.1) is 6.92 Å². The van der Waals surface area contributed by atoms with E-state index in [9.17, 15) is 9.59 Å². The number of anilines is 1. The molecule has 0 spiro atoms. The number of hydrogen-bond acceptors (Lipinski definition) is 5. The van der Waals surface area contributed by atoms with Crippen molar-refractivity contribution in [2.45, 2.75) is 13.3 Å². The number of carbonyl (C=O) groups excluding carboxylic acids is 1. The maximum atomic E-state index is 12.1. The molecule has 0 aliphatic heterocycles.